The first-order valence-corrected chi connectivity index (χ1v) is 8.58. The van der Waals surface area contributed by atoms with E-state index in [-0.39, 0.29) is 17.6 Å². The third-order valence-electron chi connectivity index (χ3n) is 4.91. The van der Waals surface area contributed by atoms with Crippen molar-refractivity contribution in [2.24, 2.45) is 11.1 Å². The van der Waals surface area contributed by atoms with Gasteiger partial charge in [-0.3, -0.25) is 0 Å². The van der Waals surface area contributed by atoms with Crippen LogP contribution in [0, 0.1) is 5.41 Å². The van der Waals surface area contributed by atoms with Gasteiger partial charge < -0.3 is 15.4 Å². The predicted octanol–water partition coefficient (Wildman–Crippen LogP) is 3.52. The highest BCUT2D eigenvalue weighted by atomic mass is 16.6. The van der Waals surface area contributed by atoms with Gasteiger partial charge in [0.15, 0.2) is 0 Å². The third-order valence-corrected chi connectivity index (χ3v) is 4.91. The molecule has 0 aliphatic heterocycles. The Hall–Kier alpha value is -1.55. The molecule has 1 aromatic rings. The largest absolute Gasteiger partial charge is 0.444 e. The third kappa shape index (κ3) is 3.86. The normalized spacial score (nSPS) is 24.9. The number of carbonyl (C=O) groups excluding carboxylic acids is 1. The Labute approximate surface area is 139 Å². The van der Waals surface area contributed by atoms with Crippen LogP contribution in [0.25, 0.3) is 0 Å². The molecule has 2 fully saturated rings. The van der Waals surface area contributed by atoms with Crippen molar-refractivity contribution in [2.75, 3.05) is 13.1 Å². The lowest BCUT2D eigenvalue weighted by Crippen LogP contribution is -2.43. The van der Waals surface area contributed by atoms with Crippen LogP contribution in [0.15, 0.2) is 30.3 Å². The van der Waals surface area contributed by atoms with E-state index in [1.807, 2.05) is 31.7 Å². The predicted molar refractivity (Wildman–Crippen MR) is 91.2 cm³/mol. The molecule has 0 aromatic heterocycles. The Morgan fingerprint density at radius 1 is 1.30 bits per heavy atom. The van der Waals surface area contributed by atoms with Crippen LogP contribution in [-0.4, -0.2) is 35.7 Å². The number of hydrogen-bond acceptors (Lipinski definition) is 3. The molecule has 0 spiro atoms. The van der Waals surface area contributed by atoms with Crippen LogP contribution in [0.5, 0.6) is 0 Å². The highest BCUT2D eigenvalue weighted by Gasteiger charge is 2.51. The number of hydrogen-bond donors (Lipinski definition) is 1. The zero-order chi connectivity index (χ0) is 16.7. The molecule has 2 N–H and O–H groups in total. The standard InChI is InChI=1S/C19H28N2O2/c1-18(2,3)23-17(22)21(13-19(12-20)9-10-19)16-11-15(16)14-7-5-4-6-8-14/h4-8,15-16H,9-13,20H2,1-3H3/t15-,16?/m1/s1. The van der Waals surface area contributed by atoms with Gasteiger partial charge in [0.25, 0.3) is 0 Å². The topological polar surface area (TPSA) is 55.6 Å². The van der Waals surface area contributed by atoms with E-state index in [2.05, 4.69) is 24.3 Å². The van der Waals surface area contributed by atoms with E-state index in [0.717, 1.165) is 25.8 Å². The van der Waals surface area contributed by atoms with E-state index in [0.29, 0.717) is 12.5 Å². The lowest BCUT2D eigenvalue weighted by molar-refractivity contribution is 0.0190. The molecule has 2 atom stereocenters. The van der Waals surface area contributed by atoms with Gasteiger partial charge in [-0.25, -0.2) is 4.79 Å². The molecule has 1 unspecified atom stereocenters. The monoisotopic (exact) mass is 316 g/mol. The molecule has 1 amide bonds. The maximum absolute atomic E-state index is 12.7. The molecule has 23 heavy (non-hydrogen) atoms. The second-order valence-electron chi connectivity index (χ2n) is 8.13. The van der Waals surface area contributed by atoms with Crippen LogP contribution < -0.4 is 5.73 Å². The molecule has 0 saturated heterocycles. The van der Waals surface area contributed by atoms with Crippen molar-refractivity contribution in [1.82, 2.24) is 4.90 Å². The molecule has 126 valence electrons. The summed E-state index contributed by atoms with van der Waals surface area (Å²) in [7, 11) is 0. The summed E-state index contributed by atoms with van der Waals surface area (Å²) in [4.78, 5) is 14.6. The molecule has 2 aliphatic rings. The van der Waals surface area contributed by atoms with Gasteiger partial charge in [0.2, 0.25) is 0 Å². The van der Waals surface area contributed by atoms with Gasteiger partial charge in [0.1, 0.15) is 5.60 Å². The molecule has 0 heterocycles. The van der Waals surface area contributed by atoms with Crippen LogP contribution in [-0.2, 0) is 4.74 Å². The fraction of sp³-hybridized carbons (Fsp3) is 0.632. The number of amides is 1. The Morgan fingerprint density at radius 3 is 2.48 bits per heavy atom. The van der Waals surface area contributed by atoms with E-state index in [1.165, 1.54) is 5.56 Å². The Balaban J connectivity index is 1.72. The maximum atomic E-state index is 12.7. The summed E-state index contributed by atoms with van der Waals surface area (Å²) >= 11 is 0. The van der Waals surface area contributed by atoms with Gasteiger partial charge in [-0.2, -0.15) is 0 Å². The Kier molecular flexibility index (Phi) is 4.13. The van der Waals surface area contributed by atoms with Crippen molar-refractivity contribution >= 4 is 6.09 Å². The summed E-state index contributed by atoms with van der Waals surface area (Å²) in [5, 5.41) is 0. The van der Waals surface area contributed by atoms with Gasteiger partial charge in [-0.15, -0.1) is 0 Å². The molecule has 4 nitrogen and oxygen atoms in total. The quantitative estimate of drug-likeness (QED) is 0.904. The van der Waals surface area contributed by atoms with Crippen molar-refractivity contribution in [3.8, 4) is 0 Å². The van der Waals surface area contributed by atoms with Crippen LogP contribution in [0.3, 0.4) is 0 Å². The van der Waals surface area contributed by atoms with Crippen molar-refractivity contribution in [1.29, 1.82) is 0 Å². The Bertz CT molecular complexity index is 560. The molecule has 2 aliphatic carbocycles. The van der Waals surface area contributed by atoms with Gasteiger partial charge in [-0.1, -0.05) is 30.3 Å². The molecule has 2 saturated carbocycles. The minimum atomic E-state index is -0.466. The molecule has 0 radical (unpaired) electrons. The number of rotatable bonds is 5. The summed E-state index contributed by atoms with van der Waals surface area (Å²) in [6, 6.07) is 10.7. The molecular formula is C19H28N2O2. The lowest BCUT2D eigenvalue weighted by Gasteiger charge is -2.30. The summed E-state index contributed by atoms with van der Waals surface area (Å²) in [6.07, 6.45) is 3.06. The van der Waals surface area contributed by atoms with Crippen LogP contribution in [0.2, 0.25) is 0 Å². The van der Waals surface area contributed by atoms with Crippen LogP contribution >= 0.6 is 0 Å². The van der Waals surface area contributed by atoms with Gasteiger partial charge >= 0.3 is 6.09 Å². The highest BCUT2D eigenvalue weighted by Crippen LogP contribution is 2.50. The maximum Gasteiger partial charge on any atom is 0.410 e. The Morgan fingerprint density at radius 2 is 1.96 bits per heavy atom. The molecule has 4 heteroatoms. The number of ether oxygens (including phenoxy) is 1. The number of nitrogens with two attached hydrogens (primary N) is 1. The summed E-state index contributed by atoms with van der Waals surface area (Å²) in [5.41, 5.74) is 6.90. The lowest BCUT2D eigenvalue weighted by atomic mass is 10.1. The first-order valence-electron chi connectivity index (χ1n) is 8.58. The van der Waals surface area contributed by atoms with Crippen molar-refractivity contribution in [3.05, 3.63) is 35.9 Å². The summed E-state index contributed by atoms with van der Waals surface area (Å²) in [5.74, 6) is 0.428. The van der Waals surface area contributed by atoms with E-state index >= 15 is 0 Å². The molecule has 0 bridgehead atoms. The van der Waals surface area contributed by atoms with Crippen LogP contribution in [0.4, 0.5) is 4.79 Å². The molecule has 1 aromatic carbocycles. The van der Waals surface area contributed by atoms with Gasteiger partial charge in [-0.05, 0) is 52.1 Å². The minimum Gasteiger partial charge on any atom is -0.444 e. The smallest absolute Gasteiger partial charge is 0.410 e. The first kappa shape index (κ1) is 16.3. The first-order chi connectivity index (χ1) is 10.8. The van der Waals surface area contributed by atoms with Crippen molar-refractivity contribution in [3.63, 3.8) is 0 Å². The second kappa shape index (κ2) is 5.82. The molecule has 3 rings (SSSR count). The second-order valence-corrected chi connectivity index (χ2v) is 8.13. The van der Waals surface area contributed by atoms with E-state index < -0.39 is 5.60 Å². The summed E-state index contributed by atoms with van der Waals surface area (Å²) < 4.78 is 5.65. The zero-order valence-corrected chi connectivity index (χ0v) is 14.4. The fourth-order valence-electron chi connectivity index (χ4n) is 3.19. The SMILES string of the molecule is CC(C)(C)OC(=O)N(CC1(CN)CC1)C1C[C@@H]1c1ccccc1. The fourth-order valence-corrected chi connectivity index (χ4v) is 3.19. The van der Waals surface area contributed by atoms with Gasteiger partial charge in [0.05, 0.1) is 0 Å². The van der Waals surface area contributed by atoms with Crippen molar-refractivity contribution in [2.45, 2.75) is 57.6 Å². The zero-order valence-electron chi connectivity index (χ0n) is 14.4. The minimum absolute atomic E-state index is 0.126. The van der Waals surface area contributed by atoms with Gasteiger partial charge in [0, 0.05) is 23.9 Å². The summed E-state index contributed by atoms with van der Waals surface area (Å²) in [6.45, 7) is 7.13. The van der Waals surface area contributed by atoms with Crippen LogP contribution in [0.1, 0.15) is 51.5 Å². The average molecular weight is 316 g/mol. The highest BCUT2D eigenvalue weighted by molar-refractivity contribution is 5.69. The average Bonchev–Trinajstić information content (AvgIpc) is 3.39. The van der Waals surface area contributed by atoms with E-state index in [4.69, 9.17) is 10.5 Å². The van der Waals surface area contributed by atoms with E-state index in [9.17, 15) is 4.79 Å². The number of nitrogens with zero attached hydrogens (tertiary/aromatic N) is 1. The van der Waals surface area contributed by atoms with E-state index in [1.54, 1.807) is 0 Å². The van der Waals surface area contributed by atoms with Crippen molar-refractivity contribution < 1.29 is 9.53 Å². The number of benzene rings is 1. The molecular weight excluding hydrogens is 288 g/mol. The number of carbonyl (C=O) groups is 1.